The van der Waals surface area contributed by atoms with Crippen molar-refractivity contribution in [1.29, 1.82) is 0 Å². The third-order valence-electron chi connectivity index (χ3n) is 2.99. The Kier molecular flexibility index (Phi) is 3.22. The molecule has 1 aliphatic rings. The second-order valence-corrected chi connectivity index (χ2v) is 6.48. The number of rotatable bonds is 3. The van der Waals surface area contributed by atoms with Crippen LogP contribution in [0.25, 0.3) is 0 Å². The molecule has 1 aromatic heterocycles. The number of nitrogens with zero attached hydrogens (tertiary/aromatic N) is 2. The van der Waals surface area contributed by atoms with E-state index in [1.807, 2.05) is 0 Å². The van der Waals surface area contributed by atoms with Crippen LogP contribution in [0.4, 0.5) is 5.69 Å². The number of halogens is 1. The molecule has 0 saturated heterocycles. The molecular formula is C12H12ClN3O4S. The first-order valence-corrected chi connectivity index (χ1v) is 7.86. The molecule has 0 aliphatic carbocycles. The average Bonchev–Trinajstić information content (AvgIpc) is 2.94. The fourth-order valence-corrected chi connectivity index (χ4v) is 3.88. The molecule has 0 saturated carbocycles. The number of ether oxygens (including phenoxy) is 2. The maximum Gasteiger partial charge on any atom is 0.266 e. The van der Waals surface area contributed by atoms with E-state index in [0.717, 1.165) is 0 Å². The quantitative estimate of drug-likeness (QED) is 0.930. The molecule has 0 radical (unpaired) electrons. The second kappa shape index (κ2) is 4.81. The van der Waals surface area contributed by atoms with E-state index < -0.39 is 10.0 Å². The van der Waals surface area contributed by atoms with Gasteiger partial charge in [0.25, 0.3) is 10.0 Å². The van der Waals surface area contributed by atoms with Crippen LogP contribution in [-0.2, 0) is 17.1 Å². The van der Waals surface area contributed by atoms with Crippen molar-refractivity contribution in [3.63, 3.8) is 0 Å². The standard InChI is InChI=1S/C12H12ClN3O4S/c1-7-11(12(13)16(2)14-7)21(17,18)15-8-3-4-9-10(5-8)20-6-19-9/h3-5,15H,6H2,1-2H3. The minimum atomic E-state index is -3.83. The summed E-state index contributed by atoms with van der Waals surface area (Å²) in [5.74, 6) is 1.07. The highest BCUT2D eigenvalue weighted by atomic mass is 35.5. The number of benzene rings is 1. The van der Waals surface area contributed by atoms with Crippen molar-refractivity contribution in [2.75, 3.05) is 11.5 Å². The number of hydrogen-bond acceptors (Lipinski definition) is 5. The molecule has 0 amide bonds. The molecular weight excluding hydrogens is 318 g/mol. The van der Waals surface area contributed by atoms with Gasteiger partial charge in [-0.25, -0.2) is 8.42 Å². The van der Waals surface area contributed by atoms with Crippen molar-refractivity contribution in [2.24, 2.45) is 7.05 Å². The lowest BCUT2D eigenvalue weighted by Crippen LogP contribution is -2.14. The smallest absolute Gasteiger partial charge is 0.266 e. The van der Waals surface area contributed by atoms with Crippen molar-refractivity contribution < 1.29 is 17.9 Å². The fraction of sp³-hybridized carbons (Fsp3) is 0.250. The van der Waals surface area contributed by atoms with Crippen molar-refractivity contribution in [3.8, 4) is 11.5 Å². The van der Waals surface area contributed by atoms with Gasteiger partial charge in [0.15, 0.2) is 11.5 Å². The van der Waals surface area contributed by atoms with Crippen LogP contribution in [0.3, 0.4) is 0 Å². The fourth-order valence-electron chi connectivity index (χ4n) is 2.08. The third-order valence-corrected chi connectivity index (χ3v) is 5.07. The molecule has 1 N–H and O–H groups in total. The summed E-state index contributed by atoms with van der Waals surface area (Å²) in [4.78, 5) is -0.0377. The van der Waals surface area contributed by atoms with Crippen molar-refractivity contribution in [3.05, 3.63) is 29.0 Å². The molecule has 0 atom stereocenters. The first-order chi connectivity index (χ1) is 9.88. The molecule has 0 spiro atoms. The highest BCUT2D eigenvalue weighted by molar-refractivity contribution is 7.92. The lowest BCUT2D eigenvalue weighted by molar-refractivity contribution is 0.174. The molecule has 9 heteroatoms. The van der Waals surface area contributed by atoms with Crippen LogP contribution < -0.4 is 14.2 Å². The maximum atomic E-state index is 12.4. The van der Waals surface area contributed by atoms with Gasteiger partial charge >= 0.3 is 0 Å². The minimum Gasteiger partial charge on any atom is -0.454 e. The van der Waals surface area contributed by atoms with Gasteiger partial charge in [-0.2, -0.15) is 5.10 Å². The summed E-state index contributed by atoms with van der Waals surface area (Å²) < 4.78 is 39.0. The Bertz CT molecular complexity index is 816. The SMILES string of the molecule is Cc1nn(C)c(Cl)c1S(=O)(=O)Nc1ccc2c(c1)OCO2. The third kappa shape index (κ3) is 2.40. The molecule has 3 rings (SSSR count). The van der Waals surface area contributed by atoms with Gasteiger partial charge in [-0.15, -0.1) is 0 Å². The number of aryl methyl sites for hydroxylation is 2. The van der Waals surface area contributed by atoms with Gasteiger partial charge in [-0.05, 0) is 19.1 Å². The lowest BCUT2D eigenvalue weighted by Gasteiger charge is -2.08. The summed E-state index contributed by atoms with van der Waals surface area (Å²) in [6, 6.07) is 4.78. The highest BCUT2D eigenvalue weighted by Crippen LogP contribution is 2.35. The van der Waals surface area contributed by atoms with Gasteiger partial charge in [0.2, 0.25) is 6.79 Å². The van der Waals surface area contributed by atoms with Crippen LogP contribution >= 0.6 is 11.6 Å². The van der Waals surface area contributed by atoms with Crippen LogP contribution in [0, 0.1) is 6.92 Å². The number of sulfonamides is 1. The van der Waals surface area contributed by atoms with Crippen LogP contribution in [0.1, 0.15) is 5.69 Å². The largest absolute Gasteiger partial charge is 0.454 e. The van der Waals surface area contributed by atoms with Gasteiger partial charge in [0, 0.05) is 13.1 Å². The second-order valence-electron chi connectivity index (χ2n) is 4.50. The summed E-state index contributed by atoms with van der Waals surface area (Å²) in [5.41, 5.74) is 0.689. The summed E-state index contributed by atoms with van der Waals surface area (Å²) in [5, 5.41) is 4.05. The zero-order valence-electron chi connectivity index (χ0n) is 11.3. The van der Waals surface area contributed by atoms with E-state index in [4.69, 9.17) is 21.1 Å². The predicted molar refractivity (Wildman–Crippen MR) is 76.3 cm³/mol. The van der Waals surface area contributed by atoms with E-state index in [0.29, 0.717) is 22.9 Å². The number of aromatic nitrogens is 2. The number of nitrogens with one attached hydrogen (secondary N) is 1. The molecule has 2 heterocycles. The van der Waals surface area contributed by atoms with E-state index in [-0.39, 0.29) is 16.8 Å². The van der Waals surface area contributed by atoms with E-state index in [1.54, 1.807) is 32.2 Å². The summed E-state index contributed by atoms with van der Waals surface area (Å²) in [7, 11) is -2.25. The van der Waals surface area contributed by atoms with Crippen LogP contribution in [0.5, 0.6) is 11.5 Å². The van der Waals surface area contributed by atoms with Gasteiger partial charge in [-0.1, -0.05) is 11.6 Å². The molecule has 7 nitrogen and oxygen atoms in total. The van der Waals surface area contributed by atoms with Crippen molar-refractivity contribution in [2.45, 2.75) is 11.8 Å². The van der Waals surface area contributed by atoms with E-state index >= 15 is 0 Å². The lowest BCUT2D eigenvalue weighted by atomic mass is 10.3. The number of anilines is 1. The zero-order valence-corrected chi connectivity index (χ0v) is 12.8. The Morgan fingerprint density at radius 2 is 2.05 bits per heavy atom. The Morgan fingerprint density at radius 1 is 1.33 bits per heavy atom. The Labute approximate surface area is 126 Å². The molecule has 0 unspecified atom stereocenters. The average molecular weight is 330 g/mol. The Hall–Kier alpha value is -1.93. The zero-order chi connectivity index (χ0) is 15.2. The maximum absolute atomic E-state index is 12.4. The Morgan fingerprint density at radius 3 is 2.71 bits per heavy atom. The first-order valence-electron chi connectivity index (χ1n) is 6.00. The summed E-state index contributed by atoms with van der Waals surface area (Å²) in [6.45, 7) is 1.71. The highest BCUT2D eigenvalue weighted by Gasteiger charge is 2.26. The summed E-state index contributed by atoms with van der Waals surface area (Å²) >= 11 is 6.00. The van der Waals surface area contributed by atoms with E-state index in [2.05, 4.69) is 9.82 Å². The molecule has 21 heavy (non-hydrogen) atoms. The van der Waals surface area contributed by atoms with E-state index in [9.17, 15) is 8.42 Å². The predicted octanol–water partition coefficient (Wildman–Crippen LogP) is 1.91. The van der Waals surface area contributed by atoms with Crippen molar-refractivity contribution >= 4 is 27.3 Å². The van der Waals surface area contributed by atoms with Crippen LogP contribution in [-0.4, -0.2) is 25.0 Å². The van der Waals surface area contributed by atoms with E-state index in [1.165, 1.54) is 4.68 Å². The normalized spacial score (nSPS) is 13.5. The molecule has 1 aliphatic heterocycles. The number of fused-ring (bicyclic) bond motifs is 1. The van der Waals surface area contributed by atoms with Gasteiger partial charge in [0.1, 0.15) is 10.0 Å². The monoisotopic (exact) mass is 329 g/mol. The molecule has 112 valence electrons. The topological polar surface area (TPSA) is 82.5 Å². The molecule has 0 bridgehead atoms. The van der Waals surface area contributed by atoms with Crippen LogP contribution in [0.15, 0.2) is 23.1 Å². The molecule has 0 fully saturated rings. The molecule has 1 aromatic carbocycles. The number of hydrogen-bond donors (Lipinski definition) is 1. The van der Waals surface area contributed by atoms with Gasteiger partial charge in [-0.3, -0.25) is 9.40 Å². The Balaban J connectivity index is 1.96. The first kappa shape index (κ1) is 14.0. The minimum absolute atomic E-state index is 0.0377. The van der Waals surface area contributed by atoms with Crippen molar-refractivity contribution in [1.82, 2.24) is 9.78 Å². The van der Waals surface area contributed by atoms with Gasteiger partial charge < -0.3 is 9.47 Å². The summed E-state index contributed by atoms with van der Waals surface area (Å²) in [6.07, 6.45) is 0. The van der Waals surface area contributed by atoms with Gasteiger partial charge in [0.05, 0.1) is 11.4 Å². The van der Waals surface area contributed by atoms with Crippen LogP contribution in [0.2, 0.25) is 5.15 Å². The molecule has 2 aromatic rings.